The number of aliphatic carboxylic acids is 1. The summed E-state index contributed by atoms with van der Waals surface area (Å²) in [5, 5.41) is 16.2. The first-order valence-corrected chi connectivity index (χ1v) is 10.0. The Balaban J connectivity index is 5.08. The Hall–Kier alpha value is -3.26. The lowest BCUT2D eigenvalue weighted by Gasteiger charge is -2.23. The van der Waals surface area contributed by atoms with Crippen LogP contribution >= 0.6 is 0 Å². The number of nitrogens with one attached hydrogen (secondary N) is 3. The van der Waals surface area contributed by atoms with Gasteiger partial charge in [-0.15, -0.1) is 0 Å². The summed E-state index contributed by atoms with van der Waals surface area (Å²) in [5.41, 5.74) is 21.0. The first-order valence-electron chi connectivity index (χ1n) is 10.0. The molecule has 0 saturated heterocycles. The number of carboxylic acid groups (broad SMARTS) is 1. The van der Waals surface area contributed by atoms with Crippen molar-refractivity contribution in [1.29, 1.82) is 0 Å². The van der Waals surface area contributed by atoms with Gasteiger partial charge in [0.15, 0.2) is 0 Å². The Bertz CT molecular complexity index is 701. The van der Waals surface area contributed by atoms with Gasteiger partial charge in [-0.2, -0.15) is 0 Å². The van der Waals surface area contributed by atoms with E-state index in [4.69, 9.17) is 28.0 Å². The third-order valence-corrected chi connectivity index (χ3v) is 4.38. The number of carboxylic acids is 1. The van der Waals surface area contributed by atoms with Crippen molar-refractivity contribution < 1.29 is 33.9 Å². The van der Waals surface area contributed by atoms with Crippen LogP contribution in [0.1, 0.15) is 45.4 Å². The Morgan fingerprint density at radius 2 is 1.41 bits per heavy atom. The zero-order valence-corrected chi connectivity index (χ0v) is 18.0. The van der Waals surface area contributed by atoms with E-state index in [0.717, 1.165) is 0 Å². The quantitative estimate of drug-likeness (QED) is 0.105. The second kappa shape index (κ2) is 14.7. The highest BCUT2D eigenvalue weighted by Gasteiger charge is 2.28. The van der Waals surface area contributed by atoms with Crippen molar-refractivity contribution in [3.8, 4) is 0 Å². The van der Waals surface area contributed by atoms with Gasteiger partial charge in [0.2, 0.25) is 29.5 Å². The first kappa shape index (κ1) is 28.7. The van der Waals surface area contributed by atoms with Crippen molar-refractivity contribution >= 4 is 35.5 Å². The lowest BCUT2D eigenvalue weighted by atomic mass is 10.1. The molecule has 0 bridgehead atoms. The number of nitrogens with two attached hydrogens (primary N) is 4. The summed E-state index contributed by atoms with van der Waals surface area (Å²) in [6, 6.07) is -4.86. The van der Waals surface area contributed by atoms with Gasteiger partial charge in [-0.25, -0.2) is 4.79 Å². The number of unbranched alkanes of at least 4 members (excludes halogenated alkanes) is 1. The molecule has 12 N–H and O–H groups in total. The van der Waals surface area contributed by atoms with Crippen LogP contribution in [-0.2, 0) is 28.8 Å². The van der Waals surface area contributed by atoms with E-state index in [1.807, 2.05) is 0 Å². The maximum atomic E-state index is 12.6. The largest absolute Gasteiger partial charge is 0.480 e. The van der Waals surface area contributed by atoms with Crippen LogP contribution in [-0.4, -0.2) is 71.3 Å². The van der Waals surface area contributed by atoms with Crippen LogP contribution < -0.4 is 38.9 Å². The van der Waals surface area contributed by atoms with E-state index >= 15 is 0 Å². The number of carbonyl (C=O) groups is 6. The molecule has 0 spiro atoms. The molecule has 4 unspecified atom stereocenters. The van der Waals surface area contributed by atoms with Gasteiger partial charge in [0.05, 0.1) is 12.5 Å². The molecular weight excluding hydrogens is 426 g/mol. The van der Waals surface area contributed by atoms with Crippen LogP contribution in [0.4, 0.5) is 0 Å². The fourth-order valence-electron chi connectivity index (χ4n) is 2.57. The average Bonchev–Trinajstić information content (AvgIpc) is 2.68. The number of hydrogen-bond donors (Lipinski definition) is 8. The molecule has 0 aromatic heterocycles. The molecule has 14 heteroatoms. The summed E-state index contributed by atoms with van der Waals surface area (Å²) in [4.78, 5) is 70.1. The standard InChI is InChI=1S/C18H33N7O7/c1-9(15(28)25-12(18(31)32)5-6-13(21)26)23-17(30)11(4-2-3-7-19)24-16(29)10(20)8-14(22)27/h9-12H,2-8,19-20H2,1H3,(H2,21,26)(H2,22,27)(H,23,30)(H,24,29)(H,25,28)(H,31,32). The van der Waals surface area contributed by atoms with Crippen molar-refractivity contribution in [2.45, 2.75) is 69.6 Å². The Kier molecular flexibility index (Phi) is 13.2. The lowest BCUT2D eigenvalue weighted by Crippen LogP contribution is -2.56. The van der Waals surface area contributed by atoms with Gasteiger partial charge in [0.25, 0.3) is 0 Å². The van der Waals surface area contributed by atoms with E-state index in [1.165, 1.54) is 6.92 Å². The van der Waals surface area contributed by atoms with E-state index in [9.17, 15) is 28.8 Å². The highest BCUT2D eigenvalue weighted by molar-refractivity contribution is 5.94. The molecule has 0 aliphatic heterocycles. The summed E-state index contributed by atoms with van der Waals surface area (Å²) >= 11 is 0. The third kappa shape index (κ3) is 11.8. The Morgan fingerprint density at radius 1 is 0.812 bits per heavy atom. The molecule has 182 valence electrons. The Morgan fingerprint density at radius 3 is 1.91 bits per heavy atom. The molecule has 0 rings (SSSR count). The smallest absolute Gasteiger partial charge is 0.326 e. The molecule has 0 aliphatic carbocycles. The minimum absolute atomic E-state index is 0.183. The molecule has 0 heterocycles. The molecule has 32 heavy (non-hydrogen) atoms. The number of amides is 5. The third-order valence-electron chi connectivity index (χ3n) is 4.38. The molecule has 0 aliphatic rings. The van der Waals surface area contributed by atoms with Crippen molar-refractivity contribution in [2.24, 2.45) is 22.9 Å². The summed E-state index contributed by atoms with van der Waals surface area (Å²) in [6.45, 7) is 1.68. The van der Waals surface area contributed by atoms with Crippen LogP contribution in [0.3, 0.4) is 0 Å². The van der Waals surface area contributed by atoms with Gasteiger partial charge >= 0.3 is 5.97 Å². The zero-order chi connectivity index (χ0) is 24.8. The van der Waals surface area contributed by atoms with Gasteiger partial charge in [0, 0.05) is 6.42 Å². The monoisotopic (exact) mass is 459 g/mol. The summed E-state index contributed by atoms with van der Waals surface area (Å²) in [7, 11) is 0. The number of primary amides is 2. The van der Waals surface area contributed by atoms with Crippen LogP contribution in [0.15, 0.2) is 0 Å². The molecule has 0 radical (unpaired) electrons. The molecule has 14 nitrogen and oxygen atoms in total. The van der Waals surface area contributed by atoms with Gasteiger partial charge in [-0.05, 0) is 39.2 Å². The maximum Gasteiger partial charge on any atom is 0.326 e. The van der Waals surface area contributed by atoms with Crippen molar-refractivity contribution in [1.82, 2.24) is 16.0 Å². The zero-order valence-electron chi connectivity index (χ0n) is 18.0. The number of carbonyl (C=O) groups excluding carboxylic acids is 5. The van der Waals surface area contributed by atoms with E-state index in [-0.39, 0.29) is 19.3 Å². The number of rotatable bonds is 16. The van der Waals surface area contributed by atoms with Crippen molar-refractivity contribution in [2.75, 3.05) is 6.54 Å². The van der Waals surface area contributed by atoms with Gasteiger partial charge in [0.1, 0.15) is 18.1 Å². The minimum atomic E-state index is -1.37. The van der Waals surface area contributed by atoms with Crippen LogP contribution in [0.2, 0.25) is 0 Å². The van der Waals surface area contributed by atoms with Gasteiger partial charge < -0.3 is 44.0 Å². The fraction of sp³-hybridized carbons (Fsp3) is 0.667. The summed E-state index contributed by atoms with van der Waals surface area (Å²) < 4.78 is 0. The van der Waals surface area contributed by atoms with Crippen LogP contribution in [0.25, 0.3) is 0 Å². The topological polar surface area (TPSA) is 263 Å². The second-order valence-electron chi connectivity index (χ2n) is 7.26. The summed E-state index contributed by atoms with van der Waals surface area (Å²) in [5.74, 6) is -5.18. The van der Waals surface area contributed by atoms with E-state index in [2.05, 4.69) is 16.0 Å². The normalized spacial score (nSPS) is 14.3. The first-order chi connectivity index (χ1) is 14.9. The lowest BCUT2D eigenvalue weighted by molar-refractivity contribution is -0.142. The van der Waals surface area contributed by atoms with E-state index in [0.29, 0.717) is 19.4 Å². The maximum absolute atomic E-state index is 12.6. The van der Waals surface area contributed by atoms with Gasteiger partial charge in [-0.3, -0.25) is 24.0 Å². The predicted molar refractivity (Wildman–Crippen MR) is 112 cm³/mol. The molecule has 0 saturated carbocycles. The van der Waals surface area contributed by atoms with Crippen LogP contribution in [0.5, 0.6) is 0 Å². The summed E-state index contributed by atoms with van der Waals surface area (Å²) in [6.07, 6.45) is 0.357. The van der Waals surface area contributed by atoms with Crippen molar-refractivity contribution in [3.63, 3.8) is 0 Å². The van der Waals surface area contributed by atoms with Gasteiger partial charge in [-0.1, -0.05) is 0 Å². The number of hydrogen-bond acceptors (Lipinski definition) is 8. The Labute approximate surface area is 185 Å². The molecule has 5 amide bonds. The second-order valence-corrected chi connectivity index (χ2v) is 7.26. The molecule has 0 aromatic carbocycles. The van der Waals surface area contributed by atoms with E-state index in [1.54, 1.807) is 0 Å². The minimum Gasteiger partial charge on any atom is -0.480 e. The highest BCUT2D eigenvalue weighted by atomic mass is 16.4. The van der Waals surface area contributed by atoms with Crippen LogP contribution in [0, 0.1) is 0 Å². The molecule has 0 aromatic rings. The van der Waals surface area contributed by atoms with E-state index < -0.39 is 66.1 Å². The SMILES string of the molecule is CC(NC(=O)C(CCCCN)NC(=O)C(N)CC(N)=O)C(=O)NC(CCC(N)=O)C(=O)O. The molecule has 4 atom stereocenters. The molecule has 0 fully saturated rings. The fourth-order valence-corrected chi connectivity index (χ4v) is 2.57. The predicted octanol–water partition coefficient (Wildman–Crippen LogP) is -3.86. The van der Waals surface area contributed by atoms with Crippen molar-refractivity contribution in [3.05, 3.63) is 0 Å². The highest BCUT2D eigenvalue weighted by Crippen LogP contribution is 2.04. The average molecular weight is 460 g/mol. The molecular formula is C18H33N7O7.